The zero-order chi connectivity index (χ0) is 23.0. The summed E-state index contributed by atoms with van der Waals surface area (Å²) in [6.45, 7) is 0. The van der Waals surface area contributed by atoms with Crippen LogP contribution in [0, 0.1) is 11.8 Å². The Morgan fingerprint density at radius 2 is 1.15 bits per heavy atom. The van der Waals surface area contributed by atoms with Crippen molar-refractivity contribution in [3.05, 3.63) is 154 Å². The molecule has 1 heteroatoms. The van der Waals surface area contributed by atoms with Crippen LogP contribution < -0.4 is 0 Å². The zero-order valence-corrected chi connectivity index (χ0v) is 20.1. The van der Waals surface area contributed by atoms with Gasteiger partial charge in [0.25, 0.3) is 0 Å². The summed E-state index contributed by atoms with van der Waals surface area (Å²) in [5.74, 6) is 7.30. The third-order valence-electron chi connectivity index (χ3n) is 6.60. The fraction of sp³-hybridized carbons (Fsp3) is 0.0303. The van der Waals surface area contributed by atoms with E-state index in [1.54, 1.807) is 0 Å². The molecule has 0 saturated carbocycles. The van der Waals surface area contributed by atoms with Crippen LogP contribution in [0.25, 0.3) is 22.3 Å². The molecule has 1 unspecified atom stereocenters. The molecule has 0 heterocycles. The largest absolute Gasteiger partial charge is 0.108 e. The van der Waals surface area contributed by atoms with Crippen molar-refractivity contribution in [1.82, 2.24) is 0 Å². The molecule has 0 nitrogen and oxygen atoms in total. The van der Waals surface area contributed by atoms with Crippen LogP contribution in [0.4, 0.5) is 0 Å². The van der Waals surface area contributed by atoms with E-state index in [1.807, 2.05) is 6.07 Å². The summed E-state index contributed by atoms with van der Waals surface area (Å²) in [5.41, 5.74) is 9.04. The van der Waals surface area contributed by atoms with Gasteiger partial charge >= 0.3 is 0 Å². The van der Waals surface area contributed by atoms with Gasteiger partial charge < -0.3 is 0 Å². The lowest BCUT2D eigenvalue weighted by molar-refractivity contribution is 0.836. The van der Waals surface area contributed by atoms with Crippen LogP contribution in [0.15, 0.2) is 132 Å². The van der Waals surface area contributed by atoms with Crippen molar-refractivity contribution in [3.8, 4) is 34.1 Å². The molecular formula is C33H21Br. The molecular weight excluding hydrogens is 476 g/mol. The van der Waals surface area contributed by atoms with Gasteiger partial charge in [0.2, 0.25) is 0 Å². The normalized spacial score (nSPS) is 15.7. The van der Waals surface area contributed by atoms with Gasteiger partial charge in [0.1, 0.15) is 5.41 Å². The van der Waals surface area contributed by atoms with E-state index in [9.17, 15) is 0 Å². The van der Waals surface area contributed by atoms with Gasteiger partial charge in [-0.2, -0.15) is 0 Å². The second-order valence-corrected chi connectivity index (χ2v) is 9.46. The Labute approximate surface area is 209 Å². The van der Waals surface area contributed by atoms with E-state index in [-0.39, 0.29) is 0 Å². The van der Waals surface area contributed by atoms with Gasteiger partial charge in [-0.15, -0.1) is 0 Å². The van der Waals surface area contributed by atoms with E-state index in [4.69, 9.17) is 0 Å². The van der Waals surface area contributed by atoms with Crippen molar-refractivity contribution in [2.24, 2.45) is 0 Å². The van der Waals surface area contributed by atoms with Crippen LogP contribution in [0.2, 0.25) is 0 Å². The molecule has 5 aromatic carbocycles. The Kier molecular flexibility index (Phi) is 5.17. The predicted octanol–water partition coefficient (Wildman–Crippen LogP) is 8.48. The molecule has 0 saturated heterocycles. The summed E-state index contributed by atoms with van der Waals surface area (Å²) in [5, 5.41) is 0. The van der Waals surface area contributed by atoms with Crippen molar-refractivity contribution in [1.29, 1.82) is 0 Å². The van der Waals surface area contributed by atoms with Gasteiger partial charge in [0.05, 0.1) is 0 Å². The first kappa shape index (κ1) is 20.7. The summed E-state index contributed by atoms with van der Waals surface area (Å²) >= 11 is 3.71. The van der Waals surface area contributed by atoms with E-state index in [0.717, 1.165) is 10.0 Å². The monoisotopic (exact) mass is 496 g/mol. The van der Waals surface area contributed by atoms with Crippen LogP contribution >= 0.6 is 15.9 Å². The average Bonchev–Trinajstić information content (AvgIpc) is 3.18. The lowest BCUT2D eigenvalue weighted by Crippen LogP contribution is -2.25. The number of hydrogen-bond donors (Lipinski definition) is 0. The highest BCUT2D eigenvalue weighted by Crippen LogP contribution is 2.52. The van der Waals surface area contributed by atoms with Crippen LogP contribution in [-0.4, -0.2) is 0 Å². The standard InChI is InChI=1S/C33H21Br/c34-28-19-20-30-29-13-7-8-14-31(29)33(32(30)23-28,27-11-5-2-6-12-27)22-21-24-15-17-26(18-16-24)25-9-3-1-4-10-25/h1-20,23H. The van der Waals surface area contributed by atoms with Crippen molar-refractivity contribution in [3.63, 3.8) is 0 Å². The Balaban J connectivity index is 1.54. The van der Waals surface area contributed by atoms with Crippen LogP contribution in [0.3, 0.4) is 0 Å². The lowest BCUT2D eigenvalue weighted by atomic mass is 9.73. The van der Waals surface area contributed by atoms with Gasteiger partial charge in [-0.25, -0.2) is 0 Å². The third kappa shape index (κ3) is 3.39. The number of benzene rings is 5. The maximum absolute atomic E-state index is 3.76. The molecule has 1 aliphatic carbocycles. The molecule has 0 aromatic heterocycles. The molecule has 0 fully saturated rings. The minimum Gasteiger partial charge on any atom is -0.0764 e. The molecule has 34 heavy (non-hydrogen) atoms. The van der Waals surface area contributed by atoms with Gasteiger partial charge in [-0.3, -0.25) is 0 Å². The molecule has 0 aliphatic heterocycles. The Hall–Kier alpha value is -3.86. The Morgan fingerprint density at radius 3 is 1.91 bits per heavy atom. The average molecular weight is 497 g/mol. The summed E-state index contributed by atoms with van der Waals surface area (Å²) in [7, 11) is 0. The van der Waals surface area contributed by atoms with E-state index < -0.39 is 5.41 Å². The van der Waals surface area contributed by atoms with Gasteiger partial charge in [0.15, 0.2) is 0 Å². The van der Waals surface area contributed by atoms with E-state index in [0.29, 0.717) is 0 Å². The maximum atomic E-state index is 3.76. The first-order valence-electron chi connectivity index (χ1n) is 11.4. The minimum atomic E-state index is -0.533. The zero-order valence-electron chi connectivity index (χ0n) is 18.5. The van der Waals surface area contributed by atoms with Crippen molar-refractivity contribution >= 4 is 15.9 Å². The Bertz CT molecular complexity index is 1540. The predicted molar refractivity (Wildman–Crippen MR) is 145 cm³/mol. The fourth-order valence-electron chi connectivity index (χ4n) is 5.00. The van der Waals surface area contributed by atoms with Crippen LogP contribution in [0.5, 0.6) is 0 Å². The smallest absolute Gasteiger partial charge is 0.0764 e. The van der Waals surface area contributed by atoms with Gasteiger partial charge in [0, 0.05) is 10.0 Å². The summed E-state index contributed by atoms with van der Waals surface area (Å²) in [6, 6.07) is 44.9. The number of rotatable bonds is 2. The van der Waals surface area contributed by atoms with E-state index in [1.165, 1.54) is 38.9 Å². The maximum Gasteiger partial charge on any atom is 0.108 e. The first-order chi connectivity index (χ1) is 16.8. The second-order valence-electron chi connectivity index (χ2n) is 8.54. The highest BCUT2D eigenvalue weighted by molar-refractivity contribution is 9.10. The Morgan fingerprint density at radius 1 is 0.529 bits per heavy atom. The molecule has 160 valence electrons. The molecule has 0 amide bonds. The lowest BCUT2D eigenvalue weighted by Gasteiger charge is -2.27. The molecule has 0 radical (unpaired) electrons. The molecule has 5 aromatic rings. The molecule has 0 N–H and O–H groups in total. The topological polar surface area (TPSA) is 0 Å². The van der Waals surface area contributed by atoms with Crippen LogP contribution in [0.1, 0.15) is 22.3 Å². The fourth-order valence-corrected chi connectivity index (χ4v) is 5.36. The minimum absolute atomic E-state index is 0.533. The molecule has 1 aliphatic rings. The number of halogens is 1. The van der Waals surface area contributed by atoms with E-state index in [2.05, 4.69) is 149 Å². The van der Waals surface area contributed by atoms with E-state index >= 15 is 0 Å². The highest BCUT2D eigenvalue weighted by atomic mass is 79.9. The molecule has 6 rings (SSSR count). The summed E-state index contributed by atoms with van der Waals surface area (Å²) in [4.78, 5) is 0. The molecule has 1 atom stereocenters. The number of fused-ring (bicyclic) bond motifs is 3. The number of hydrogen-bond acceptors (Lipinski definition) is 0. The SMILES string of the molecule is Brc1ccc2c(c1)C(C#Cc1ccc(-c3ccccc3)cc1)(c1ccccc1)c1ccccc1-2. The first-order valence-corrected chi connectivity index (χ1v) is 12.2. The molecule has 0 spiro atoms. The van der Waals surface area contributed by atoms with Crippen molar-refractivity contribution in [2.45, 2.75) is 5.41 Å². The summed E-state index contributed by atoms with van der Waals surface area (Å²) < 4.78 is 1.06. The van der Waals surface area contributed by atoms with Gasteiger partial charge in [-0.05, 0) is 63.2 Å². The quantitative estimate of drug-likeness (QED) is 0.215. The summed E-state index contributed by atoms with van der Waals surface area (Å²) in [6.07, 6.45) is 0. The van der Waals surface area contributed by atoms with Crippen molar-refractivity contribution < 1.29 is 0 Å². The molecule has 0 bridgehead atoms. The van der Waals surface area contributed by atoms with Crippen molar-refractivity contribution in [2.75, 3.05) is 0 Å². The van der Waals surface area contributed by atoms with Gasteiger partial charge in [-0.1, -0.05) is 131 Å². The second kappa shape index (κ2) is 8.49. The highest BCUT2D eigenvalue weighted by Gasteiger charge is 2.43. The van der Waals surface area contributed by atoms with Crippen LogP contribution in [-0.2, 0) is 5.41 Å². The third-order valence-corrected chi connectivity index (χ3v) is 7.09.